The number of methoxy groups -OCH3 is 1. The maximum Gasteiger partial charge on any atom is 0.333 e. The molecule has 0 spiro atoms. The highest BCUT2D eigenvalue weighted by molar-refractivity contribution is 9.10. The molecule has 2 aromatic rings. The third-order valence-corrected chi connectivity index (χ3v) is 4.77. The molecule has 0 aliphatic carbocycles. The zero-order valence-electron chi connectivity index (χ0n) is 14.8. The lowest BCUT2D eigenvalue weighted by atomic mass is 10.1. The summed E-state index contributed by atoms with van der Waals surface area (Å²) in [6.07, 6.45) is 0. The van der Waals surface area contributed by atoms with Crippen molar-refractivity contribution in [2.45, 2.75) is 6.04 Å². The van der Waals surface area contributed by atoms with Crippen LogP contribution in [0.1, 0.15) is 22.0 Å². The normalized spacial score (nSPS) is 14.0. The molecule has 2 aromatic carbocycles. The zero-order chi connectivity index (χ0) is 19.6. The standard InChI is InChI=1S/C19H18BrN3O4/c1-23-10-16(24)21-14-9-12(5-8-15(14)23)18(25)22-17(19(26)27-2)11-3-6-13(20)7-4-11/h3-9,17H,10H2,1-2H3,(H,21,24)(H,22,25). The van der Waals surface area contributed by atoms with Crippen LogP contribution >= 0.6 is 15.9 Å². The van der Waals surface area contributed by atoms with Gasteiger partial charge in [-0.15, -0.1) is 0 Å². The van der Waals surface area contributed by atoms with E-state index in [0.29, 0.717) is 16.8 Å². The Morgan fingerprint density at radius 2 is 1.93 bits per heavy atom. The van der Waals surface area contributed by atoms with Gasteiger partial charge in [0.1, 0.15) is 0 Å². The molecule has 3 rings (SSSR count). The molecule has 140 valence electrons. The number of likely N-dealkylation sites (N-methyl/N-ethyl adjacent to an activating group) is 1. The van der Waals surface area contributed by atoms with Gasteiger partial charge >= 0.3 is 5.97 Å². The Bertz CT molecular complexity index is 898. The number of esters is 1. The summed E-state index contributed by atoms with van der Waals surface area (Å²) >= 11 is 3.34. The van der Waals surface area contributed by atoms with Crippen LogP contribution in [0.4, 0.5) is 11.4 Å². The average Bonchev–Trinajstić information content (AvgIpc) is 2.65. The predicted octanol–water partition coefficient (Wildman–Crippen LogP) is 2.48. The second-order valence-electron chi connectivity index (χ2n) is 6.12. The Kier molecular flexibility index (Phi) is 5.46. The number of carbonyl (C=O) groups excluding carboxylic acids is 3. The minimum atomic E-state index is -0.941. The molecule has 1 heterocycles. The van der Waals surface area contributed by atoms with Gasteiger partial charge < -0.3 is 20.3 Å². The lowest BCUT2D eigenvalue weighted by Crippen LogP contribution is -2.36. The largest absolute Gasteiger partial charge is 0.467 e. The number of anilines is 2. The first-order chi connectivity index (χ1) is 12.9. The second-order valence-corrected chi connectivity index (χ2v) is 7.03. The van der Waals surface area contributed by atoms with E-state index < -0.39 is 17.9 Å². The Morgan fingerprint density at radius 3 is 2.59 bits per heavy atom. The smallest absolute Gasteiger partial charge is 0.333 e. The number of nitrogens with one attached hydrogen (secondary N) is 2. The molecule has 0 fully saturated rings. The van der Waals surface area contributed by atoms with Crippen molar-refractivity contribution >= 4 is 45.1 Å². The van der Waals surface area contributed by atoms with E-state index in [-0.39, 0.29) is 12.5 Å². The molecular weight excluding hydrogens is 414 g/mol. The highest BCUT2D eigenvalue weighted by atomic mass is 79.9. The fourth-order valence-corrected chi connectivity index (χ4v) is 3.13. The van der Waals surface area contributed by atoms with Gasteiger partial charge in [-0.3, -0.25) is 9.59 Å². The van der Waals surface area contributed by atoms with E-state index in [9.17, 15) is 14.4 Å². The van der Waals surface area contributed by atoms with Crippen LogP contribution in [-0.4, -0.2) is 38.5 Å². The summed E-state index contributed by atoms with van der Waals surface area (Å²) in [5, 5.41) is 5.45. The number of ether oxygens (including phenoxy) is 1. The third-order valence-electron chi connectivity index (χ3n) is 4.24. The van der Waals surface area contributed by atoms with Crippen LogP contribution in [-0.2, 0) is 14.3 Å². The van der Waals surface area contributed by atoms with E-state index in [1.54, 1.807) is 54.4 Å². The summed E-state index contributed by atoms with van der Waals surface area (Å²) in [6.45, 7) is 0.256. The monoisotopic (exact) mass is 431 g/mol. The number of fused-ring (bicyclic) bond motifs is 1. The van der Waals surface area contributed by atoms with Crippen LogP contribution in [0.15, 0.2) is 46.9 Å². The van der Waals surface area contributed by atoms with Gasteiger partial charge in [0.05, 0.1) is 25.0 Å². The molecule has 27 heavy (non-hydrogen) atoms. The molecular formula is C19H18BrN3O4. The maximum absolute atomic E-state index is 12.7. The molecule has 1 aliphatic rings. The first kappa shape index (κ1) is 18.9. The van der Waals surface area contributed by atoms with Crippen molar-refractivity contribution in [1.82, 2.24) is 5.32 Å². The van der Waals surface area contributed by atoms with Gasteiger partial charge in [0.2, 0.25) is 5.91 Å². The summed E-state index contributed by atoms with van der Waals surface area (Å²) in [7, 11) is 3.07. The van der Waals surface area contributed by atoms with E-state index >= 15 is 0 Å². The summed E-state index contributed by atoms with van der Waals surface area (Å²) in [4.78, 5) is 38.4. The summed E-state index contributed by atoms with van der Waals surface area (Å²) in [5.41, 5.74) is 2.31. The van der Waals surface area contributed by atoms with Gasteiger partial charge in [-0.25, -0.2) is 4.79 Å². The van der Waals surface area contributed by atoms with Crippen LogP contribution in [0.3, 0.4) is 0 Å². The molecule has 0 radical (unpaired) electrons. The van der Waals surface area contributed by atoms with E-state index in [2.05, 4.69) is 26.6 Å². The molecule has 2 N–H and O–H groups in total. The quantitative estimate of drug-likeness (QED) is 0.725. The SMILES string of the molecule is COC(=O)C(NC(=O)c1ccc2c(c1)NC(=O)CN2C)c1ccc(Br)cc1. The summed E-state index contributed by atoms with van der Waals surface area (Å²) in [5.74, 6) is -1.17. The first-order valence-electron chi connectivity index (χ1n) is 8.18. The minimum absolute atomic E-state index is 0.148. The van der Waals surface area contributed by atoms with E-state index in [4.69, 9.17) is 4.74 Å². The maximum atomic E-state index is 12.7. The number of carbonyl (C=O) groups is 3. The molecule has 0 saturated heterocycles. The van der Waals surface area contributed by atoms with Crippen molar-refractivity contribution in [2.75, 3.05) is 30.9 Å². The number of rotatable bonds is 4. The van der Waals surface area contributed by atoms with E-state index in [1.807, 2.05) is 0 Å². The number of amides is 2. The molecule has 2 amide bonds. The van der Waals surface area contributed by atoms with Crippen LogP contribution in [0.5, 0.6) is 0 Å². The van der Waals surface area contributed by atoms with Gasteiger partial charge in [-0.2, -0.15) is 0 Å². The molecule has 7 nitrogen and oxygen atoms in total. The lowest BCUT2D eigenvalue weighted by molar-refractivity contribution is -0.143. The molecule has 1 unspecified atom stereocenters. The van der Waals surface area contributed by atoms with Gasteiger partial charge in [0.15, 0.2) is 6.04 Å². The summed E-state index contributed by atoms with van der Waals surface area (Å²) in [6, 6.07) is 11.1. The predicted molar refractivity (Wildman–Crippen MR) is 105 cm³/mol. The molecule has 0 saturated carbocycles. The van der Waals surface area contributed by atoms with Crippen molar-refractivity contribution in [3.05, 3.63) is 58.1 Å². The number of benzene rings is 2. The topological polar surface area (TPSA) is 87.7 Å². The average molecular weight is 432 g/mol. The van der Waals surface area contributed by atoms with Crippen LogP contribution in [0.2, 0.25) is 0 Å². The van der Waals surface area contributed by atoms with Crippen molar-refractivity contribution in [2.24, 2.45) is 0 Å². The Morgan fingerprint density at radius 1 is 1.22 bits per heavy atom. The number of hydrogen-bond acceptors (Lipinski definition) is 5. The van der Waals surface area contributed by atoms with Crippen molar-refractivity contribution < 1.29 is 19.1 Å². The van der Waals surface area contributed by atoms with Crippen LogP contribution in [0.25, 0.3) is 0 Å². The zero-order valence-corrected chi connectivity index (χ0v) is 16.4. The van der Waals surface area contributed by atoms with Gasteiger partial charge in [0.25, 0.3) is 5.91 Å². The lowest BCUT2D eigenvalue weighted by Gasteiger charge is -2.27. The van der Waals surface area contributed by atoms with Crippen molar-refractivity contribution in [3.63, 3.8) is 0 Å². The highest BCUT2D eigenvalue weighted by Gasteiger charge is 2.25. The summed E-state index contributed by atoms with van der Waals surface area (Å²) < 4.78 is 5.68. The molecule has 8 heteroatoms. The molecule has 0 bridgehead atoms. The molecule has 0 aromatic heterocycles. The third kappa shape index (κ3) is 4.11. The fraction of sp³-hybridized carbons (Fsp3) is 0.211. The number of halogens is 1. The first-order valence-corrected chi connectivity index (χ1v) is 8.97. The van der Waals surface area contributed by atoms with Crippen LogP contribution in [0, 0.1) is 0 Å². The van der Waals surface area contributed by atoms with E-state index in [0.717, 1.165) is 10.2 Å². The molecule has 1 atom stereocenters. The van der Waals surface area contributed by atoms with Gasteiger partial charge in [0, 0.05) is 17.1 Å². The Labute approximate surface area is 164 Å². The van der Waals surface area contributed by atoms with Crippen molar-refractivity contribution in [1.29, 1.82) is 0 Å². The van der Waals surface area contributed by atoms with Crippen LogP contribution < -0.4 is 15.5 Å². The Hall–Kier alpha value is -2.87. The molecule has 1 aliphatic heterocycles. The number of nitrogens with zero attached hydrogens (tertiary/aromatic N) is 1. The fourth-order valence-electron chi connectivity index (χ4n) is 2.87. The van der Waals surface area contributed by atoms with Crippen molar-refractivity contribution in [3.8, 4) is 0 Å². The highest BCUT2D eigenvalue weighted by Crippen LogP contribution is 2.29. The Balaban J connectivity index is 1.86. The van der Waals surface area contributed by atoms with Gasteiger partial charge in [-0.1, -0.05) is 28.1 Å². The second kappa shape index (κ2) is 7.79. The van der Waals surface area contributed by atoms with E-state index in [1.165, 1.54) is 7.11 Å². The number of hydrogen-bond donors (Lipinski definition) is 2. The van der Waals surface area contributed by atoms with Gasteiger partial charge in [-0.05, 0) is 35.9 Å². The minimum Gasteiger partial charge on any atom is -0.467 e.